The topological polar surface area (TPSA) is 66.0 Å². The van der Waals surface area contributed by atoms with Gasteiger partial charge in [0.05, 0.1) is 11.6 Å². The molecule has 0 fully saturated rings. The molecule has 4 heteroatoms. The van der Waals surface area contributed by atoms with Crippen LogP contribution in [0.1, 0.15) is 11.3 Å². The number of fused-ring (bicyclic) bond motifs is 1. The first kappa shape index (κ1) is 10.2. The fraction of sp³-hybridized carbons (Fsp3) is 0.167. The van der Waals surface area contributed by atoms with E-state index in [1.54, 1.807) is 22.8 Å². The van der Waals surface area contributed by atoms with Gasteiger partial charge < -0.3 is 9.67 Å². The second kappa shape index (κ2) is 3.70. The molecule has 16 heavy (non-hydrogen) atoms. The van der Waals surface area contributed by atoms with Crippen LogP contribution in [0.2, 0.25) is 0 Å². The Morgan fingerprint density at radius 2 is 2.25 bits per heavy atom. The summed E-state index contributed by atoms with van der Waals surface area (Å²) in [6.07, 6.45) is 0. The molecule has 0 aliphatic carbocycles. The summed E-state index contributed by atoms with van der Waals surface area (Å²) >= 11 is 0. The molecular formula is C12H10N2O2. The summed E-state index contributed by atoms with van der Waals surface area (Å²) in [5.74, 6) is -0.870. The van der Waals surface area contributed by atoms with E-state index in [9.17, 15) is 4.79 Å². The zero-order valence-corrected chi connectivity index (χ0v) is 8.77. The van der Waals surface area contributed by atoms with Crippen molar-refractivity contribution in [3.63, 3.8) is 0 Å². The van der Waals surface area contributed by atoms with Gasteiger partial charge in [0, 0.05) is 16.6 Å². The summed E-state index contributed by atoms with van der Waals surface area (Å²) in [6.45, 7) is 1.80. The third-order valence-corrected chi connectivity index (χ3v) is 2.53. The summed E-state index contributed by atoms with van der Waals surface area (Å²) in [4.78, 5) is 10.7. The molecule has 0 aliphatic heterocycles. The molecule has 1 heterocycles. The van der Waals surface area contributed by atoms with Gasteiger partial charge in [0.25, 0.3) is 0 Å². The van der Waals surface area contributed by atoms with E-state index in [-0.39, 0.29) is 6.54 Å². The van der Waals surface area contributed by atoms with Gasteiger partial charge in [-0.05, 0) is 31.2 Å². The molecule has 1 aromatic heterocycles. The third-order valence-electron chi connectivity index (χ3n) is 2.53. The van der Waals surface area contributed by atoms with Gasteiger partial charge in [-0.3, -0.25) is 4.79 Å². The van der Waals surface area contributed by atoms with Crippen LogP contribution in [0.5, 0.6) is 0 Å². The summed E-state index contributed by atoms with van der Waals surface area (Å²) in [5, 5.41) is 18.5. The van der Waals surface area contributed by atoms with Crippen LogP contribution in [0, 0.1) is 18.3 Å². The number of hydrogen-bond donors (Lipinski definition) is 1. The molecule has 0 saturated heterocycles. The van der Waals surface area contributed by atoms with Crippen molar-refractivity contribution in [2.75, 3.05) is 0 Å². The molecule has 2 aromatic rings. The summed E-state index contributed by atoms with van der Waals surface area (Å²) < 4.78 is 1.72. The van der Waals surface area contributed by atoms with Gasteiger partial charge in [-0.1, -0.05) is 0 Å². The van der Waals surface area contributed by atoms with E-state index in [1.165, 1.54) is 0 Å². The lowest BCUT2D eigenvalue weighted by atomic mass is 10.2. The minimum atomic E-state index is -0.870. The highest BCUT2D eigenvalue weighted by atomic mass is 16.4. The molecule has 1 aromatic carbocycles. The number of rotatable bonds is 2. The van der Waals surface area contributed by atoms with Crippen molar-refractivity contribution in [2.45, 2.75) is 13.5 Å². The number of carboxylic acid groups (broad SMARTS) is 1. The minimum absolute atomic E-state index is 0.0543. The predicted molar refractivity (Wildman–Crippen MR) is 59.0 cm³/mol. The Kier molecular flexibility index (Phi) is 2.37. The summed E-state index contributed by atoms with van der Waals surface area (Å²) in [6, 6.07) is 9.19. The zero-order chi connectivity index (χ0) is 11.7. The predicted octanol–water partition coefficient (Wildman–Crippen LogP) is 1.91. The van der Waals surface area contributed by atoms with Crippen LogP contribution >= 0.6 is 0 Å². The number of aryl methyl sites for hydroxylation is 1. The zero-order valence-electron chi connectivity index (χ0n) is 8.77. The number of aromatic nitrogens is 1. The first-order valence-corrected chi connectivity index (χ1v) is 4.83. The van der Waals surface area contributed by atoms with E-state index in [4.69, 9.17) is 10.4 Å². The van der Waals surface area contributed by atoms with Gasteiger partial charge in [0.1, 0.15) is 6.54 Å². The quantitative estimate of drug-likeness (QED) is 0.830. The van der Waals surface area contributed by atoms with Crippen molar-refractivity contribution in [3.8, 4) is 6.07 Å². The monoisotopic (exact) mass is 214 g/mol. The molecule has 2 rings (SSSR count). The Labute approximate surface area is 92.3 Å². The maximum atomic E-state index is 10.7. The van der Waals surface area contributed by atoms with Crippen LogP contribution in [0.4, 0.5) is 0 Å². The summed E-state index contributed by atoms with van der Waals surface area (Å²) in [7, 11) is 0. The normalized spacial score (nSPS) is 10.2. The second-order valence-electron chi connectivity index (χ2n) is 3.65. The fourth-order valence-electron chi connectivity index (χ4n) is 1.82. The van der Waals surface area contributed by atoms with E-state index in [1.807, 2.05) is 13.0 Å². The van der Waals surface area contributed by atoms with E-state index < -0.39 is 5.97 Å². The number of benzene rings is 1. The van der Waals surface area contributed by atoms with Crippen LogP contribution in [0.15, 0.2) is 24.3 Å². The molecule has 0 unspecified atom stereocenters. The molecule has 0 atom stereocenters. The molecule has 80 valence electrons. The number of carboxylic acids is 1. The smallest absolute Gasteiger partial charge is 0.323 e. The number of carbonyl (C=O) groups is 1. The first-order chi connectivity index (χ1) is 7.61. The number of nitrogens with zero attached hydrogens (tertiary/aromatic N) is 2. The van der Waals surface area contributed by atoms with Crippen LogP contribution in [0.3, 0.4) is 0 Å². The average Bonchev–Trinajstić information content (AvgIpc) is 2.54. The first-order valence-electron chi connectivity index (χ1n) is 4.83. The van der Waals surface area contributed by atoms with Gasteiger partial charge >= 0.3 is 5.97 Å². The Hall–Kier alpha value is -2.28. The van der Waals surface area contributed by atoms with Crippen LogP contribution in [-0.4, -0.2) is 15.6 Å². The standard InChI is InChI=1S/C12H10N2O2/c1-8-4-10-5-9(6-13)2-3-11(10)14(8)7-12(15)16/h2-5H,7H2,1H3,(H,15,16). The van der Waals surface area contributed by atoms with Crippen LogP contribution in [-0.2, 0) is 11.3 Å². The largest absolute Gasteiger partial charge is 0.480 e. The van der Waals surface area contributed by atoms with E-state index in [2.05, 4.69) is 6.07 Å². The lowest BCUT2D eigenvalue weighted by Crippen LogP contribution is -2.09. The van der Waals surface area contributed by atoms with Crippen LogP contribution in [0.25, 0.3) is 10.9 Å². The Balaban J connectivity index is 2.63. The lowest BCUT2D eigenvalue weighted by molar-refractivity contribution is -0.137. The van der Waals surface area contributed by atoms with Gasteiger partial charge in [0.2, 0.25) is 0 Å². The maximum absolute atomic E-state index is 10.7. The SMILES string of the molecule is Cc1cc2cc(C#N)ccc2n1CC(=O)O. The van der Waals surface area contributed by atoms with Crippen molar-refractivity contribution in [2.24, 2.45) is 0 Å². The van der Waals surface area contributed by atoms with E-state index in [0.717, 1.165) is 16.6 Å². The number of nitriles is 1. The van der Waals surface area contributed by atoms with Crippen LogP contribution < -0.4 is 0 Å². The van der Waals surface area contributed by atoms with Crippen molar-refractivity contribution < 1.29 is 9.90 Å². The van der Waals surface area contributed by atoms with Crippen molar-refractivity contribution in [3.05, 3.63) is 35.5 Å². The molecule has 0 aliphatic rings. The molecule has 1 N–H and O–H groups in total. The Bertz CT molecular complexity index is 605. The maximum Gasteiger partial charge on any atom is 0.323 e. The van der Waals surface area contributed by atoms with E-state index >= 15 is 0 Å². The lowest BCUT2D eigenvalue weighted by Gasteiger charge is -2.03. The van der Waals surface area contributed by atoms with Gasteiger partial charge in [0.15, 0.2) is 0 Å². The number of aliphatic carboxylic acids is 1. The van der Waals surface area contributed by atoms with Gasteiger partial charge in [-0.15, -0.1) is 0 Å². The van der Waals surface area contributed by atoms with Gasteiger partial charge in [-0.25, -0.2) is 0 Å². The van der Waals surface area contributed by atoms with Crippen molar-refractivity contribution in [1.82, 2.24) is 4.57 Å². The number of hydrogen-bond acceptors (Lipinski definition) is 2. The molecule has 0 radical (unpaired) electrons. The molecular weight excluding hydrogens is 204 g/mol. The van der Waals surface area contributed by atoms with Gasteiger partial charge in [-0.2, -0.15) is 5.26 Å². The van der Waals surface area contributed by atoms with E-state index in [0.29, 0.717) is 5.56 Å². The Morgan fingerprint density at radius 3 is 2.88 bits per heavy atom. The minimum Gasteiger partial charge on any atom is -0.480 e. The molecule has 0 saturated carbocycles. The summed E-state index contributed by atoms with van der Waals surface area (Å²) in [5.41, 5.74) is 2.31. The average molecular weight is 214 g/mol. The molecule has 0 bridgehead atoms. The third kappa shape index (κ3) is 1.63. The molecule has 0 amide bonds. The highest BCUT2D eigenvalue weighted by Crippen LogP contribution is 2.20. The van der Waals surface area contributed by atoms with Crippen molar-refractivity contribution in [1.29, 1.82) is 5.26 Å². The Morgan fingerprint density at radius 1 is 1.50 bits per heavy atom. The molecule has 0 spiro atoms. The highest BCUT2D eigenvalue weighted by molar-refractivity contribution is 5.84. The fourth-order valence-corrected chi connectivity index (χ4v) is 1.82. The van der Waals surface area contributed by atoms with Crippen molar-refractivity contribution >= 4 is 16.9 Å². The molecule has 4 nitrogen and oxygen atoms in total. The second-order valence-corrected chi connectivity index (χ2v) is 3.65. The highest BCUT2D eigenvalue weighted by Gasteiger charge is 2.08.